The van der Waals surface area contributed by atoms with Crippen molar-refractivity contribution < 1.29 is 8.42 Å². The molecule has 1 aromatic rings. The predicted molar refractivity (Wildman–Crippen MR) is 60.6 cm³/mol. The quantitative estimate of drug-likeness (QED) is 0.749. The Morgan fingerprint density at radius 3 is 2.07 bits per heavy atom. The fourth-order valence-electron chi connectivity index (χ4n) is 0.804. The molecular formula is C10H15ClO2S. The minimum Gasteiger partial charge on any atom is -0.224 e. The molecule has 1 aromatic carbocycles. The van der Waals surface area contributed by atoms with Gasteiger partial charge in [0.2, 0.25) is 0 Å². The molecule has 0 aliphatic rings. The highest BCUT2D eigenvalue weighted by Gasteiger charge is 2.07. The fraction of sp³-hybridized carbons (Fsp3) is 0.400. The number of halogens is 1. The molecule has 0 amide bonds. The summed E-state index contributed by atoms with van der Waals surface area (Å²) < 4.78 is 22.1. The lowest BCUT2D eigenvalue weighted by molar-refractivity contribution is 0.602. The Morgan fingerprint density at radius 2 is 1.71 bits per heavy atom. The third-order valence-corrected chi connectivity index (χ3v) is 3.09. The van der Waals surface area contributed by atoms with Gasteiger partial charge in [-0.3, -0.25) is 0 Å². The monoisotopic (exact) mass is 234 g/mol. The summed E-state index contributed by atoms with van der Waals surface area (Å²) in [5.41, 5.74) is 0.879. The number of hydrogen-bond acceptors (Lipinski definition) is 2. The van der Waals surface area contributed by atoms with Crippen LogP contribution in [-0.2, 0) is 9.84 Å². The molecule has 0 spiro atoms. The van der Waals surface area contributed by atoms with Crippen LogP contribution in [0.3, 0.4) is 0 Å². The van der Waals surface area contributed by atoms with Gasteiger partial charge in [0.25, 0.3) is 0 Å². The van der Waals surface area contributed by atoms with Crippen molar-refractivity contribution in [1.82, 2.24) is 0 Å². The van der Waals surface area contributed by atoms with Gasteiger partial charge < -0.3 is 0 Å². The van der Waals surface area contributed by atoms with Crippen molar-refractivity contribution in [3.63, 3.8) is 0 Å². The van der Waals surface area contributed by atoms with Crippen LogP contribution < -0.4 is 0 Å². The van der Waals surface area contributed by atoms with Crippen LogP contribution in [0.5, 0.6) is 0 Å². The van der Waals surface area contributed by atoms with E-state index in [-0.39, 0.29) is 4.90 Å². The first-order valence-corrected chi connectivity index (χ1v) is 6.64. The molecule has 0 aliphatic heterocycles. The van der Waals surface area contributed by atoms with Crippen LogP contribution in [0.2, 0.25) is 5.02 Å². The van der Waals surface area contributed by atoms with Crippen molar-refractivity contribution in [2.45, 2.75) is 25.7 Å². The molecule has 0 radical (unpaired) electrons. The van der Waals surface area contributed by atoms with E-state index in [4.69, 9.17) is 11.6 Å². The summed E-state index contributed by atoms with van der Waals surface area (Å²) in [4.78, 5) is 0.262. The Kier molecular flexibility index (Phi) is 5.16. The molecule has 0 bridgehead atoms. The third kappa shape index (κ3) is 3.68. The van der Waals surface area contributed by atoms with E-state index in [1.54, 1.807) is 12.1 Å². The highest BCUT2D eigenvalue weighted by molar-refractivity contribution is 7.90. The van der Waals surface area contributed by atoms with E-state index in [9.17, 15) is 8.42 Å². The van der Waals surface area contributed by atoms with Crippen molar-refractivity contribution >= 4 is 21.4 Å². The molecule has 0 aliphatic carbocycles. The van der Waals surface area contributed by atoms with Gasteiger partial charge >= 0.3 is 0 Å². The predicted octanol–water partition coefficient (Wildman–Crippen LogP) is 3.08. The first-order valence-electron chi connectivity index (χ1n) is 4.37. The van der Waals surface area contributed by atoms with Crippen LogP contribution in [0.15, 0.2) is 23.1 Å². The van der Waals surface area contributed by atoms with Crippen LogP contribution in [0.4, 0.5) is 0 Å². The van der Waals surface area contributed by atoms with Crippen molar-refractivity contribution in [1.29, 1.82) is 0 Å². The molecule has 0 unspecified atom stereocenters. The lowest BCUT2D eigenvalue weighted by atomic mass is 10.2. The van der Waals surface area contributed by atoms with Crippen LogP contribution in [0.1, 0.15) is 19.4 Å². The summed E-state index contributed by atoms with van der Waals surface area (Å²) in [6, 6.07) is 4.71. The van der Waals surface area contributed by atoms with Gasteiger partial charge in [0, 0.05) is 11.3 Å². The van der Waals surface area contributed by atoms with E-state index >= 15 is 0 Å². The summed E-state index contributed by atoms with van der Waals surface area (Å²) in [6.07, 6.45) is 1.16. The molecule has 1 rings (SSSR count). The molecule has 80 valence electrons. The smallest absolute Gasteiger partial charge is 0.175 e. The first-order chi connectivity index (χ1) is 6.41. The van der Waals surface area contributed by atoms with Gasteiger partial charge in [-0.2, -0.15) is 0 Å². The van der Waals surface area contributed by atoms with E-state index in [2.05, 4.69) is 0 Å². The summed E-state index contributed by atoms with van der Waals surface area (Å²) >= 11 is 5.76. The molecule has 0 saturated heterocycles. The molecule has 2 nitrogen and oxygen atoms in total. The van der Waals surface area contributed by atoms with Crippen LogP contribution >= 0.6 is 11.6 Å². The number of sulfone groups is 1. The highest BCUT2D eigenvalue weighted by Crippen LogP contribution is 2.19. The molecule has 0 N–H and O–H groups in total. The number of rotatable bonds is 1. The van der Waals surface area contributed by atoms with Crippen LogP contribution in [-0.4, -0.2) is 14.7 Å². The molecule has 0 aromatic heterocycles. The lowest BCUT2D eigenvalue weighted by Gasteiger charge is -2.00. The van der Waals surface area contributed by atoms with Gasteiger partial charge in [-0.15, -0.1) is 0 Å². The van der Waals surface area contributed by atoms with Gasteiger partial charge in [-0.25, -0.2) is 8.42 Å². The Balaban J connectivity index is 0.000000791. The molecule has 0 atom stereocenters. The van der Waals surface area contributed by atoms with Gasteiger partial charge in [-0.05, 0) is 24.6 Å². The summed E-state index contributed by atoms with van der Waals surface area (Å²) in [5, 5.41) is 0.484. The largest absolute Gasteiger partial charge is 0.224 e. The van der Waals surface area contributed by atoms with Gasteiger partial charge in [0.1, 0.15) is 0 Å². The molecule has 0 heterocycles. The fourth-order valence-corrected chi connectivity index (χ4v) is 1.70. The lowest BCUT2D eigenvalue weighted by Crippen LogP contribution is -1.96. The summed E-state index contributed by atoms with van der Waals surface area (Å²) in [7, 11) is -3.13. The number of aryl methyl sites for hydroxylation is 1. The maximum absolute atomic E-state index is 11.0. The molecular weight excluding hydrogens is 220 g/mol. The normalized spacial score (nSPS) is 10.4. The van der Waals surface area contributed by atoms with E-state index < -0.39 is 9.84 Å². The van der Waals surface area contributed by atoms with Gasteiger partial charge in [0.05, 0.1) is 4.90 Å². The highest BCUT2D eigenvalue weighted by atomic mass is 35.5. The SMILES string of the molecule is CC.Cc1ccc(S(C)(=O)=O)cc1Cl. The van der Waals surface area contributed by atoms with Crippen molar-refractivity contribution in [2.75, 3.05) is 6.26 Å². The summed E-state index contributed by atoms with van der Waals surface area (Å²) in [5.74, 6) is 0. The van der Waals surface area contributed by atoms with Gasteiger partial charge in [0.15, 0.2) is 9.84 Å². The zero-order valence-corrected chi connectivity index (χ0v) is 10.4. The second-order valence-corrected chi connectivity index (χ2v) is 5.11. The third-order valence-electron chi connectivity index (χ3n) is 1.57. The first kappa shape index (κ1) is 13.5. The Morgan fingerprint density at radius 1 is 1.21 bits per heavy atom. The van der Waals surface area contributed by atoms with Crippen LogP contribution in [0.25, 0.3) is 0 Å². The van der Waals surface area contributed by atoms with E-state index in [0.29, 0.717) is 5.02 Å². The Hall–Kier alpha value is -0.540. The minimum absolute atomic E-state index is 0.262. The Bertz CT molecular complexity index is 397. The second-order valence-electron chi connectivity index (χ2n) is 2.68. The zero-order chi connectivity index (χ0) is 11.4. The average molecular weight is 235 g/mol. The van der Waals surface area contributed by atoms with Gasteiger partial charge in [-0.1, -0.05) is 31.5 Å². The van der Waals surface area contributed by atoms with E-state index in [1.807, 2.05) is 20.8 Å². The van der Waals surface area contributed by atoms with Crippen molar-refractivity contribution in [3.05, 3.63) is 28.8 Å². The second kappa shape index (κ2) is 5.37. The molecule has 4 heteroatoms. The maximum Gasteiger partial charge on any atom is 0.175 e. The topological polar surface area (TPSA) is 34.1 Å². The van der Waals surface area contributed by atoms with Crippen LogP contribution in [0, 0.1) is 6.92 Å². The zero-order valence-electron chi connectivity index (χ0n) is 8.83. The molecule has 14 heavy (non-hydrogen) atoms. The molecule has 0 saturated carbocycles. The minimum atomic E-state index is -3.13. The van der Waals surface area contributed by atoms with E-state index in [0.717, 1.165) is 11.8 Å². The number of hydrogen-bond donors (Lipinski definition) is 0. The van der Waals surface area contributed by atoms with Crippen molar-refractivity contribution in [2.24, 2.45) is 0 Å². The summed E-state index contributed by atoms with van der Waals surface area (Å²) in [6.45, 7) is 5.83. The Labute approximate surface area is 90.8 Å². The maximum atomic E-state index is 11.0. The van der Waals surface area contributed by atoms with E-state index in [1.165, 1.54) is 6.07 Å². The average Bonchev–Trinajstić information content (AvgIpc) is 2.11. The number of benzene rings is 1. The van der Waals surface area contributed by atoms with Crippen molar-refractivity contribution in [3.8, 4) is 0 Å². The molecule has 0 fully saturated rings. The standard InChI is InChI=1S/C8H9ClO2S.C2H6/c1-6-3-4-7(5-8(6)9)12(2,10)11;1-2/h3-5H,1-2H3;1-2H3.